The quantitative estimate of drug-likeness (QED) is 0.625. The van der Waals surface area contributed by atoms with Crippen molar-refractivity contribution < 1.29 is 34.1 Å². The number of alkyl carbamates (subject to hydrolysis) is 1. The second-order valence-corrected chi connectivity index (χ2v) is 8.69. The van der Waals surface area contributed by atoms with Crippen molar-refractivity contribution in [1.29, 1.82) is 0 Å². The molecule has 2 amide bonds. The van der Waals surface area contributed by atoms with E-state index in [2.05, 4.69) is 17.4 Å². The predicted octanol–water partition coefficient (Wildman–Crippen LogP) is 1.34. The van der Waals surface area contributed by atoms with Gasteiger partial charge in [0.2, 0.25) is 0 Å². The van der Waals surface area contributed by atoms with Crippen LogP contribution >= 0.6 is 0 Å². The highest BCUT2D eigenvalue weighted by Gasteiger charge is 2.52. The first-order chi connectivity index (χ1) is 15.9. The molecule has 2 aromatic carbocycles. The Hall–Kier alpha value is -3.43. The number of carbonyl (C=O) groups is 3. The SMILES string of the molecule is O=C(N[C@@H]1CCO[C@@H]1C(=O)N1CC(O)(C(=O)O)C1)OCC1c2ccccc2-c2ccccc21. The van der Waals surface area contributed by atoms with Crippen molar-refractivity contribution in [2.24, 2.45) is 0 Å². The summed E-state index contributed by atoms with van der Waals surface area (Å²) in [5.74, 6) is -1.90. The van der Waals surface area contributed by atoms with Gasteiger partial charge in [-0.3, -0.25) is 4.79 Å². The lowest BCUT2D eigenvalue weighted by Crippen LogP contribution is -2.69. The average molecular weight is 452 g/mol. The van der Waals surface area contributed by atoms with Crippen LogP contribution in [0.2, 0.25) is 0 Å². The topological polar surface area (TPSA) is 125 Å². The molecule has 2 heterocycles. The molecule has 0 unspecified atom stereocenters. The number of hydrogen-bond acceptors (Lipinski definition) is 6. The summed E-state index contributed by atoms with van der Waals surface area (Å²) >= 11 is 0. The highest BCUT2D eigenvalue weighted by atomic mass is 16.6. The number of hydrogen-bond donors (Lipinski definition) is 3. The summed E-state index contributed by atoms with van der Waals surface area (Å²) in [7, 11) is 0. The van der Waals surface area contributed by atoms with E-state index in [0.29, 0.717) is 6.42 Å². The fraction of sp³-hybridized carbons (Fsp3) is 0.375. The van der Waals surface area contributed by atoms with Crippen LogP contribution in [0.15, 0.2) is 48.5 Å². The van der Waals surface area contributed by atoms with Crippen LogP contribution < -0.4 is 5.32 Å². The minimum absolute atomic E-state index is 0.0739. The molecular formula is C24H24N2O7. The van der Waals surface area contributed by atoms with Gasteiger partial charge in [-0.15, -0.1) is 0 Å². The fourth-order valence-electron chi connectivity index (χ4n) is 4.83. The number of amides is 2. The fourth-order valence-corrected chi connectivity index (χ4v) is 4.83. The van der Waals surface area contributed by atoms with Crippen molar-refractivity contribution >= 4 is 18.0 Å². The number of likely N-dealkylation sites (tertiary alicyclic amines) is 1. The van der Waals surface area contributed by atoms with Crippen molar-refractivity contribution in [2.45, 2.75) is 30.1 Å². The van der Waals surface area contributed by atoms with Gasteiger partial charge in [0, 0.05) is 12.5 Å². The molecule has 0 saturated carbocycles. The second-order valence-electron chi connectivity index (χ2n) is 8.69. The molecule has 33 heavy (non-hydrogen) atoms. The Morgan fingerprint density at radius 2 is 1.67 bits per heavy atom. The predicted molar refractivity (Wildman–Crippen MR) is 116 cm³/mol. The number of aliphatic hydroxyl groups is 1. The summed E-state index contributed by atoms with van der Waals surface area (Å²) in [4.78, 5) is 37.5. The van der Waals surface area contributed by atoms with Gasteiger partial charge in [0.05, 0.1) is 19.1 Å². The van der Waals surface area contributed by atoms with Crippen LogP contribution in [0.25, 0.3) is 11.1 Å². The number of rotatable bonds is 5. The maximum Gasteiger partial charge on any atom is 0.407 e. The van der Waals surface area contributed by atoms with E-state index < -0.39 is 35.7 Å². The molecular weight excluding hydrogens is 428 g/mol. The molecule has 2 saturated heterocycles. The second kappa shape index (κ2) is 8.17. The highest BCUT2D eigenvalue weighted by molar-refractivity contribution is 5.88. The maximum atomic E-state index is 12.7. The molecule has 2 aliphatic heterocycles. The number of nitrogens with one attached hydrogen (secondary N) is 1. The molecule has 9 heteroatoms. The van der Waals surface area contributed by atoms with Gasteiger partial charge in [-0.1, -0.05) is 48.5 Å². The summed E-state index contributed by atoms with van der Waals surface area (Å²) in [6, 6.07) is 15.5. The Morgan fingerprint density at radius 1 is 1.06 bits per heavy atom. The van der Waals surface area contributed by atoms with E-state index in [-0.39, 0.29) is 32.2 Å². The Bertz CT molecular complexity index is 1070. The van der Waals surface area contributed by atoms with E-state index >= 15 is 0 Å². The minimum Gasteiger partial charge on any atom is -0.479 e. The van der Waals surface area contributed by atoms with Gasteiger partial charge in [0.1, 0.15) is 6.61 Å². The van der Waals surface area contributed by atoms with Crippen LogP contribution in [0, 0.1) is 0 Å². The molecule has 0 spiro atoms. The summed E-state index contributed by atoms with van der Waals surface area (Å²) in [6.45, 7) is -0.178. The van der Waals surface area contributed by atoms with Crippen molar-refractivity contribution in [3.8, 4) is 11.1 Å². The molecule has 172 valence electrons. The van der Waals surface area contributed by atoms with Gasteiger partial charge >= 0.3 is 12.1 Å². The first-order valence-corrected chi connectivity index (χ1v) is 10.8. The number of carboxylic acid groups (broad SMARTS) is 1. The standard InChI is InChI=1S/C24H24N2O7/c27-21(26-12-24(31,13-26)22(28)29)20-19(9-10-32-20)25-23(30)33-11-18-16-7-3-1-5-14(16)15-6-2-4-8-17(15)18/h1-8,18-20,31H,9-13H2,(H,25,30)(H,28,29)/t19-,20+/m1/s1. The zero-order chi connectivity index (χ0) is 23.2. The van der Waals surface area contributed by atoms with Gasteiger partial charge in [-0.05, 0) is 28.7 Å². The number of fused-ring (bicyclic) bond motifs is 3. The Morgan fingerprint density at radius 3 is 2.27 bits per heavy atom. The van der Waals surface area contributed by atoms with Crippen LogP contribution in [0.3, 0.4) is 0 Å². The van der Waals surface area contributed by atoms with E-state index in [9.17, 15) is 19.5 Å². The van der Waals surface area contributed by atoms with Crippen LogP contribution in [-0.4, -0.2) is 77.1 Å². The van der Waals surface area contributed by atoms with Gasteiger partial charge in [-0.2, -0.15) is 0 Å². The van der Waals surface area contributed by atoms with Gasteiger partial charge < -0.3 is 29.9 Å². The van der Waals surface area contributed by atoms with Crippen LogP contribution in [0.4, 0.5) is 4.79 Å². The molecule has 9 nitrogen and oxygen atoms in total. The summed E-state index contributed by atoms with van der Waals surface area (Å²) < 4.78 is 11.0. The molecule has 0 radical (unpaired) electrons. The third-order valence-corrected chi connectivity index (χ3v) is 6.60. The highest BCUT2D eigenvalue weighted by Crippen LogP contribution is 2.44. The number of ether oxygens (including phenoxy) is 2. The van der Waals surface area contributed by atoms with E-state index in [1.54, 1.807) is 0 Å². The molecule has 2 fully saturated rings. The van der Waals surface area contributed by atoms with Crippen LogP contribution in [-0.2, 0) is 19.1 Å². The number of β-amino-alcohol motifs (C(OH)–C–C–N with tert-alkyl or cyclic N) is 1. The molecule has 3 N–H and O–H groups in total. The zero-order valence-corrected chi connectivity index (χ0v) is 17.8. The Balaban J connectivity index is 1.20. The number of nitrogens with zero attached hydrogens (tertiary/aromatic N) is 1. The molecule has 1 aliphatic carbocycles. The number of benzene rings is 2. The monoisotopic (exact) mass is 452 g/mol. The average Bonchev–Trinajstić information content (AvgIpc) is 3.37. The first kappa shape index (κ1) is 21.4. The third kappa shape index (κ3) is 3.73. The Labute approximate surface area is 189 Å². The summed E-state index contributed by atoms with van der Waals surface area (Å²) in [5, 5.41) is 21.6. The van der Waals surface area contributed by atoms with Crippen molar-refractivity contribution in [3.63, 3.8) is 0 Å². The molecule has 2 aromatic rings. The van der Waals surface area contributed by atoms with Crippen molar-refractivity contribution in [2.75, 3.05) is 26.3 Å². The Kier molecular flexibility index (Phi) is 5.30. The van der Waals surface area contributed by atoms with Crippen LogP contribution in [0.5, 0.6) is 0 Å². The molecule has 0 bridgehead atoms. The van der Waals surface area contributed by atoms with Crippen LogP contribution in [0.1, 0.15) is 23.5 Å². The van der Waals surface area contributed by atoms with Gasteiger partial charge in [0.15, 0.2) is 11.7 Å². The van der Waals surface area contributed by atoms with E-state index in [4.69, 9.17) is 14.6 Å². The normalized spacial score (nSPS) is 22.8. The molecule has 5 rings (SSSR count). The lowest BCUT2D eigenvalue weighted by Gasteiger charge is -2.44. The summed E-state index contributed by atoms with van der Waals surface area (Å²) in [6.07, 6.45) is -1.16. The maximum absolute atomic E-state index is 12.7. The van der Waals surface area contributed by atoms with Crippen molar-refractivity contribution in [3.05, 3.63) is 59.7 Å². The van der Waals surface area contributed by atoms with E-state index in [0.717, 1.165) is 22.3 Å². The smallest absolute Gasteiger partial charge is 0.407 e. The number of carboxylic acids is 1. The zero-order valence-electron chi connectivity index (χ0n) is 17.8. The molecule has 0 aromatic heterocycles. The van der Waals surface area contributed by atoms with Crippen molar-refractivity contribution in [1.82, 2.24) is 10.2 Å². The number of aliphatic carboxylic acids is 1. The van der Waals surface area contributed by atoms with Gasteiger partial charge in [-0.25, -0.2) is 9.59 Å². The lowest BCUT2D eigenvalue weighted by atomic mass is 9.93. The lowest BCUT2D eigenvalue weighted by molar-refractivity contribution is -0.185. The third-order valence-electron chi connectivity index (χ3n) is 6.60. The van der Waals surface area contributed by atoms with E-state index in [1.807, 2.05) is 36.4 Å². The summed E-state index contributed by atoms with van der Waals surface area (Å²) in [5.41, 5.74) is 2.55. The largest absolute Gasteiger partial charge is 0.479 e. The number of carbonyl (C=O) groups excluding carboxylic acids is 2. The molecule has 3 aliphatic rings. The van der Waals surface area contributed by atoms with E-state index in [1.165, 1.54) is 4.90 Å². The molecule has 2 atom stereocenters. The first-order valence-electron chi connectivity index (χ1n) is 10.8. The minimum atomic E-state index is -1.93. The van der Waals surface area contributed by atoms with Gasteiger partial charge in [0.25, 0.3) is 5.91 Å².